The molecule has 7 heteroatoms. The molecule has 0 aromatic carbocycles. The molecule has 2 rings (SSSR count). The van der Waals surface area contributed by atoms with Crippen LogP contribution in [0.15, 0.2) is 54.7 Å². The third kappa shape index (κ3) is 5.18. The van der Waals surface area contributed by atoms with Crippen LogP contribution in [0.4, 0.5) is 0 Å². The molecule has 0 bridgehead atoms. The quantitative estimate of drug-likeness (QED) is 0.349. The molecule has 0 aliphatic heterocycles. The number of rotatable bonds is 5. The maximum absolute atomic E-state index is 4.31. The van der Waals surface area contributed by atoms with Gasteiger partial charge in [0.15, 0.2) is 5.96 Å². The standard InChI is InChI=1S/C14H18N6.HI/c1-3-5-18-14(15-2)19-10-12-4-6-17-13(9-12)20-8-7-16-11-20;/h3-4,6-9,11H,1,5,10H2,2H3,(H2,15,18,19);1H. The molecular formula is C14H19IN6. The number of imidazole rings is 1. The second-order valence-electron chi connectivity index (χ2n) is 4.09. The van der Waals surface area contributed by atoms with Crippen LogP contribution in [0, 0.1) is 0 Å². The van der Waals surface area contributed by atoms with Crippen molar-refractivity contribution < 1.29 is 0 Å². The Morgan fingerprint density at radius 3 is 2.95 bits per heavy atom. The summed E-state index contributed by atoms with van der Waals surface area (Å²) in [7, 11) is 1.74. The molecule has 2 heterocycles. The number of aromatic nitrogens is 3. The number of nitrogens with zero attached hydrogens (tertiary/aromatic N) is 4. The molecule has 0 atom stereocenters. The predicted molar refractivity (Wildman–Crippen MR) is 95.2 cm³/mol. The minimum Gasteiger partial charge on any atom is -0.353 e. The molecule has 0 aliphatic rings. The Hall–Kier alpha value is -1.90. The van der Waals surface area contributed by atoms with Crippen LogP contribution in [0.2, 0.25) is 0 Å². The molecule has 0 aliphatic carbocycles. The zero-order valence-corrected chi connectivity index (χ0v) is 14.2. The summed E-state index contributed by atoms with van der Waals surface area (Å²) in [4.78, 5) is 12.5. The average Bonchev–Trinajstić information content (AvgIpc) is 3.02. The highest BCUT2D eigenvalue weighted by molar-refractivity contribution is 14.0. The molecule has 0 amide bonds. The first kappa shape index (κ1) is 17.2. The summed E-state index contributed by atoms with van der Waals surface area (Å²) in [6.07, 6.45) is 8.89. The van der Waals surface area contributed by atoms with E-state index in [2.05, 4.69) is 32.2 Å². The van der Waals surface area contributed by atoms with Gasteiger partial charge in [-0.3, -0.25) is 9.56 Å². The van der Waals surface area contributed by atoms with Crippen LogP contribution >= 0.6 is 24.0 Å². The summed E-state index contributed by atoms with van der Waals surface area (Å²) in [6, 6.07) is 3.98. The monoisotopic (exact) mass is 398 g/mol. The van der Waals surface area contributed by atoms with Crippen LogP contribution in [-0.4, -0.2) is 34.1 Å². The van der Waals surface area contributed by atoms with Crippen LogP contribution in [0.1, 0.15) is 5.56 Å². The summed E-state index contributed by atoms with van der Waals surface area (Å²) in [5.74, 6) is 1.58. The molecule has 2 aromatic rings. The smallest absolute Gasteiger partial charge is 0.191 e. The molecule has 0 saturated carbocycles. The van der Waals surface area contributed by atoms with Crippen molar-refractivity contribution >= 4 is 29.9 Å². The van der Waals surface area contributed by atoms with Crippen molar-refractivity contribution in [3.8, 4) is 5.82 Å². The largest absolute Gasteiger partial charge is 0.353 e. The van der Waals surface area contributed by atoms with Gasteiger partial charge in [0.1, 0.15) is 12.1 Å². The molecule has 0 fully saturated rings. The Morgan fingerprint density at radius 2 is 2.29 bits per heavy atom. The Bertz CT molecular complexity index is 579. The number of pyridine rings is 1. The van der Waals surface area contributed by atoms with Crippen molar-refractivity contribution in [2.75, 3.05) is 13.6 Å². The van der Waals surface area contributed by atoms with Crippen LogP contribution in [0.3, 0.4) is 0 Å². The van der Waals surface area contributed by atoms with E-state index in [1.807, 2.05) is 22.9 Å². The molecule has 0 saturated heterocycles. The highest BCUT2D eigenvalue weighted by Gasteiger charge is 2.01. The van der Waals surface area contributed by atoms with Gasteiger partial charge in [0.05, 0.1) is 0 Å². The fraction of sp³-hybridized carbons (Fsp3) is 0.214. The number of hydrogen-bond donors (Lipinski definition) is 2. The average molecular weight is 398 g/mol. The number of hydrogen-bond acceptors (Lipinski definition) is 3. The lowest BCUT2D eigenvalue weighted by molar-refractivity contribution is 0.841. The molecule has 112 valence electrons. The minimum absolute atomic E-state index is 0. The Kier molecular flexibility index (Phi) is 7.44. The first-order valence-corrected chi connectivity index (χ1v) is 6.32. The molecule has 6 nitrogen and oxygen atoms in total. The second kappa shape index (κ2) is 9.11. The summed E-state index contributed by atoms with van der Waals surface area (Å²) in [5, 5.41) is 6.35. The first-order valence-electron chi connectivity index (χ1n) is 6.32. The van der Waals surface area contributed by atoms with Crippen LogP contribution in [0.5, 0.6) is 0 Å². The second-order valence-corrected chi connectivity index (χ2v) is 4.09. The van der Waals surface area contributed by atoms with Gasteiger partial charge < -0.3 is 10.6 Å². The van der Waals surface area contributed by atoms with E-state index in [1.165, 1.54) is 0 Å². The van der Waals surface area contributed by atoms with Crippen molar-refractivity contribution in [1.29, 1.82) is 0 Å². The van der Waals surface area contributed by atoms with Crippen molar-refractivity contribution in [2.24, 2.45) is 4.99 Å². The first-order chi connectivity index (χ1) is 9.83. The van der Waals surface area contributed by atoms with E-state index in [9.17, 15) is 0 Å². The topological polar surface area (TPSA) is 67.1 Å². The van der Waals surface area contributed by atoms with Gasteiger partial charge in [0.25, 0.3) is 0 Å². The molecule has 0 radical (unpaired) electrons. The lowest BCUT2D eigenvalue weighted by Crippen LogP contribution is -2.36. The summed E-state index contributed by atoms with van der Waals surface area (Å²) in [5.41, 5.74) is 1.12. The fourth-order valence-electron chi connectivity index (χ4n) is 1.68. The minimum atomic E-state index is 0. The van der Waals surface area contributed by atoms with Gasteiger partial charge in [0, 0.05) is 38.7 Å². The summed E-state index contributed by atoms with van der Waals surface area (Å²) >= 11 is 0. The zero-order valence-electron chi connectivity index (χ0n) is 11.9. The summed E-state index contributed by atoms with van der Waals surface area (Å²) in [6.45, 7) is 5.01. The van der Waals surface area contributed by atoms with E-state index >= 15 is 0 Å². The third-order valence-electron chi connectivity index (χ3n) is 2.68. The molecule has 0 unspecified atom stereocenters. The molecule has 0 spiro atoms. The van der Waals surface area contributed by atoms with Crippen molar-refractivity contribution in [1.82, 2.24) is 25.2 Å². The van der Waals surface area contributed by atoms with E-state index in [0.717, 1.165) is 17.3 Å². The maximum Gasteiger partial charge on any atom is 0.191 e. The van der Waals surface area contributed by atoms with E-state index in [4.69, 9.17) is 0 Å². The van der Waals surface area contributed by atoms with Crippen LogP contribution in [0.25, 0.3) is 5.82 Å². The molecule has 21 heavy (non-hydrogen) atoms. The highest BCUT2D eigenvalue weighted by atomic mass is 127. The Balaban J connectivity index is 0.00000220. The van der Waals surface area contributed by atoms with Gasteiger partial charge in [-0.2, -0.15) is 0 Å². The summed E-state index contributed by atoms with van der Waals surface area (Å²) < 4.78 is 1.87. The molecule has 2 aromatic heterocycles. The zero-order chi connectivity index (χ0) is 14.2. The SMILES string of the molecule is C=CCNC(=NC)NCc1ccnc(-n2ccnc2)c1.I. The lowest BCUT2D eigenvalue weighted by Gasteiger charge is -2.11. The van der Waals surface area contributed by atoms with Gasteiger partial charge in [-0.1, -0.05) is 6.08 Å². The normalized spacial score (nSPS) is 10.6. The number of halogens is 1. The van der Waals surface area contributed by atoms with E-state index < -0.39 is 0 Å². The van der Waals surface area contributed by atoms with Crippen LogP contribution in [-0.2, 0) is 6.54 Å². The van der Waals surface area contributed by atoms with Crippen molar-refractivity contribution in [3.05, 3.63) is 55.3 Å². The number of aliphatic imine (C=N–C) groups is 1. The van der Waals surface area contributed by atoms with Gasteiger partial charge in [-0.15, -0.1) is 30.6 Å². The molecule has 2 N–H and O–H groups in total. The Morgan fingerprint density at radius 1 is 1.43 bits per heavy atom. The number of nitrogens with one attached hydrogen (secondary N) is 2. The maximum atomic E-state index is 4.31. The van der Waals surface area contributed by atoms with Gasteiger partial charge in [-0.25, -0.2) is 9.97 Å². The van der Waals surface area contributed by atoms with Gasteiger partial charge >= 0.3 is 0 Å². The van der Waals surface area contributed by atoms with Gasteiger partial charge in [0.2, 0.25) is 0 Å². The molecular weight excluding hydrogens is 379 g/mol. The van der Waals surface area contributed by atoms with Gasteiger partial charge in [-0.05, 0) is 17.7 Å². The fourth-order valence-corrected chi connectivity index (χ4v) is 1.68. The van der Waals surface area contributed by atoms with Crippen LogP contribution < -0.4 is 10.6 Å². The number of guanidine groups is 1. The highest BCUT2D eigenvalue weighted by Crippen LogP contribution is 2.06. The third-order valence-corrected chi connectivity index (χ3v) is 2.68. The lowest BCUT2D eigenvalue weighted by atomic mass is 10.2. The Labute approximate surface area is 141 Å². The predicted octanol–water partition coefficient (Wildman–Crippen LogP) is 1.74. The van der Waals surface area contributed by atoms with Crippen molar-refractivity contribution in [2.45, 2.75) is 6.54 Å². The van der Waals surface area contributed by atoms with Crippen molar-refractivity contribution in [3.63, 3.8) is 0 Å². The van der Waals surface area contributed by atoms with E-state index in [0.29, 0.717) is 13.1 Å². The van der Waals surface area contributed by atoms with E-state index in [-0.39, 0.29) is 24.0 Å². The van der Waals surface area contributed by atoms with E-state index in [1.54, 1.807) is 31.8 Å².